The highest BCUT2D eigenvalue weighted by atomic mass is 19.4. The van der Waals surface area contributed by atoms with Gasteiger partial charge >= 0.3 is 12.3 Å². The second-order valence-corrected chi connectivity index (χ2v) is 5.49. The van der Waals surface area contributed by atoms with Crippen molar-refractivity contribution in [3.8, 4) is 5.75 Å². The number of piperidine rings is 1. The lowest BCUT2D eigenvalue weighted by Crippen LogP contribution is -2.41. The van der Waals surface area contributed by atoms with Crippen molar-refractivity contribution in [2.75, 3.05) is 26.3 Å². The molecule has 1 heterocycles. The van der Waals surface area contributed by atoms with Crippen LogP contribution < -0.4 is 4.74 Å². The molecule has 1 saturated heterocycles. The number of likely N-dealkylation sites (tertiary alicyclic amines) is 1. The number of halogens is 3. The van der Waals surface area contributed by atoms with Gasteiger partial charge in [0.15, 0.2) is 0 Å². The summed E-state index contributed by atoms with van der Waals surface area (Å²) in [6, 6.07) is 4.83. The predicted octanol–water partition coefficient (Wildman–Crippen LogP) is 3.95. The standard InChI is InChI=1S/C16H20F3NO3/c1-2-22-15(21)20-8-4-5-12(10-20)11-23-14-7-3-6-13(9-14)16(17,18)19/h3,6-7,9,12H,2,4-5,8,10-11H2,1H3. The van der Waals surface area contributed by atoms with E-state index in [0.717, 1.165) is 25.0 Å². The molecule has 0 aromatic heterocycles. The first-order valence-electron chi connectivity index (χ1n) is 7.62. The first-order chi connectivity index (χ1) is 10.9. The van der Waals surface area contributed by atoms with E-state index in [2.05, 4.69) is 0 Å². The topological polar surface area (TPSA) is 38.8 Å². The molecule has 4 nitrogen and oxygen atoms in total. The molecule has 1 fully saturated rings. The molecule has 1 aromatic rings. The summed E-state index contributed by atoms with van der Waals surface area (Å²) in [5, 5.41) is 0. The van der Waals surface area contributed by atoms with Crippen LogP contribution in [0.25, 0.3) is 0 Å². The van der Waals surface area contributed by atoms with Crippen molar-refractivity contribution < 1.29 is 27.4 Å². The second-order valence-electron chi connectivity index (χ2n) is 5.49. The normalized spacial score (nSPS) is 18.6. The number of amides is 1. The first kappa shape index (κ1) is 17.4. The number of hydrogen-bond donors (Lipinski definition) is 0. The fourth-order valence-electron chi connectivity index (χ4n) is 2.56. The maximum atomic E-state index is 12.7. The summed E-state index contributed by atoms with van der Waals surface area (Å²) in [5.74, 6) is 0.274. The average Bonchev–Trinajstić information content (AvgIpc) is 2.53. The molecular weight excluding hydrogens is 311 g/mol. The van der Waals surface area contributed by atoms with Crippen LogP contribution >= 0.6 is 0 Å². The van der Waals surface area contributed by atoms with Crippen molar-refractivity contribution in [3.63, 3.8) is 0 Å². The van der Waals surface area contributed by atoms with E-state index in [4.69, 9.17) is 9.47 Å². The van der Waals surface area contributed by atoms with Crippen LogP contribution in [0.15, 0.2) is 24.3 Å². The molecule has 0 spiro atoms. The molecule has 128 valence electrons. The van der Waals surface area contributed by atoms with Crippen LogP contribution in [0.2, 0.25) is 0 Å². The van der Waals surface area contributed by atoms with Gasteiger partial charge in [-0.25, -0.2) is 4.79 Å². The van der Waals surface area contributed by atoms with E-state index in [1.54, 1.807) is 11.8 Å². The Morgan fingerprint density at radius 1 is 1.39 bits per heavy atom. The van der Waals surface area contributed by atoms with Crippen LogP contribution in [0, 0.1) is 5.92 Å². The van der Waals surface area contributed by atoms with Crippen LogP contribution in [0.1, 0.15) is 25.3 Å². The fourth-order valence-corrected chi connectivity index (χ4v) is 2.56. The van der Waals surface area contributed by atoms with E-state index in [1.807, 2.05) is 0 Å². The zero-order chi connectivity index (χ0) is 16.9. The van der Waals surface area contributed by atoms with E-state index in [0.29, 0.717) is 19.7 Å². The Bertz CT molecular complexity index is 534. The van der Waals surface area contributed by atoms with Gasteiger partial charge in [0.05, 0.1) is 18.8 Å². The summed E-state index contributed by atoms with van der Waals surface area (Å²) < 4.78 is 48.4. The van der Waals surface area contributed by atoms with Crippen LogP contribution in [0.5, 0.6) is 5.75 Å². The molecule has 1 aliphatic heterocycles. The quantitative estimate of drug-likeness (QED) is 0.838. The monoisotopic (exact) mass is 331 g/mol. The number of benzene rings is 1. The highest BCUT2D eigenvalue weighted by molar-refractivity contribution is 5.67. The third-order valence-corrected chi connectivity index (χ3v) is 3.69. The molecule has 0 radical (unpaired) electrons. The largest absolute Gasteiger partial charge is 0.493 e. The van der Waals surface area contributed by atoms with Crippen LogP contribution in [0.3, 0.4) is 0 Å². The molecule has 23 heavy (non-hydrogen) atoms. The Hall–Kier alpha value is -1.92. The van der Waals surface area contributed by atoms with Crippen LogP contribution in [0.4, 0.5) is 18.0 Å². The number of carbonyl (C=O) groups excluding carboxylic acids is 1. The zero-order valence-corrected chi connectivity index (χ0v) is 12.9. The number of hydrogen-bond acceptors (Lipinski definition) is 3. The minimum Gasteiger partial charge on any atom is -0.493 e. The number of carbonyl (C=O) groups is 1. The number of alkyl halides is 3. The van der Waals surface area contributed by atoms with Crippen LogP contribution in [-0.4, -0.2) is 37.3 Å². The van der Waals surface area contributed by atoms with Crippen molar-refractivity contribution in [1.29, 1.82) is 0 Å². The lowest BCUT2D eigenvalue weighted by atomic mass is 9.99. The van der Waals surface area contributed by atoms with Gasteiger partial charge in [-0.3, -0.25) is 0 Å². The van der Waals surface area contributed by atoms with Gasteiger partial charge in [0.25, 0.3) is 0 Å². The first-order valence-corrected chi connectivity index (χ1v) is 7.62. The second kappa shape index (κ2) is 7.57. The molecule has 1 amide bonds. The van der Waals surface area contributed by atoms with Gasteiger partial charge in [0, 0.05) is 19.0 Å². The number of nitrogens with zero attached hydrogens (tertiary/aromatic N) is 1. The van der Waals surface area contributed by atoms with Gasteiger partial charge in [-0.15, -0.1) is 0 Å². The Kier molecular flexibility index (Phi) is 5.74. The smallest absolute Gasteiger partial charge is 0.416 e. The van der Waals surface area contributed by atoms with Gasteiger partial charge in [0.2, 0.25) is 0 Å². The molecule has 1 atom stereocenters. The van der Waals surface area contributed by atoms with Crippen molar-refractivity contribution in [1.82, 2.24) is 4.90 Å². The molecule has 1 aliphatic rings. The van der Waals surface area contributed by atoms with Gasteiger partial charge in [-0.2, -0.15) is 13.2 Å². The molecule has 0 aliphatic carbocycles. The SMILES string of the molecule is CCOC(=O)N1CCCC(COc2cccc(C(F)(F)F)c2)C1. The third-order valence-electron chi connectivity index (χ3n) is 3.69. The van der Waals surface area contributed by atoms with E-state index >= 15 is 0 Å². The Morgan fingerprint density at radius 3 is 2.87 bits per heavy atom. The Morgan fingerprint density at radius 2 is 2.17 bits per heavy atom. The van der Waals surface area contributed by atoms with Crippen molar-refractivity contribution in [3.05, 3.63) is 29.8 Å². The average molecular weight is 331 g/mol. The molecule has 1 aromatic carbocycles. The summed E-state index contributed by atoms with van der Waals surface area (Å²) in [6.45, 7) is 3.48. The Balaban J connectivity index is 1.89. The highest BCUT2D eigenvalue weighted by Gasteiger charge is 2.31. The van der Waals surface area contributed by atoms with E-state index < -0.39 is 11.7 Å². The summed E-state index contributed by atoms with van der Waals surface area (Å²) in [6.07, 6.45) is -3.04. The third kappa shape index (κ3) is 5.04. The van der Waals surface area contributed by atoms with Gasteiger partial charge in [-0.05, 0) is 38.0 Å². The minimum absolute atomic E-state index is 0.0858. The van der Waals surface area contributed by atoms with Gasteiger partial charge < -0.3 is 14.4 Å². The van der Waals surface area contributed by atoms with Gasteiger partial charge in [0.1, 0.15) is 5.75 Å². The minimum atomic E-state index is -4.38. The lowest BCUT2D eigenvalue weighted by Gasteiger charge is -2.31. The molecule has 0 bridgehead atoms. The summed E-state index contributed by atoms with van der Waals surface area (Å²) >= 11 is 0. The van der Waals surface area contributed by atoms with Crippen LogP contribution in [-0.2, 0) is 10.9 Å². The zero-order valence-electron chi connectivity index (χ0n) is 12.9. The Labute approximate surface area is 133 Å². The lowest BCUT2D eigenvalue weighted by molar-refractivity contribution is -0.137. The maximum Gasteiger partial charge on any atom is 0.416 e. The van der Waals surface area contributed by atoms with E-state index in [1.165, 1.54) is 12.1 Å². The maximum absolute atomic E-state index is 12.7. The summed E-state index contributed by atoms with van der Waals surface area (Å²) in [5.41, 5.74) is -0.730. The molecule has 0 N–H and O–H groups in total. The van der Waals surface area contributed by atoms with E-state index in [-0.39, 0.29) is 24.4 Å². The van der Waals surface area contributed by atoms with Crippen molar-refractivity contribution in [2.24, 2.45) is 5.92 Å². The van der Waals surface area contributed by atoms with Crippen molar-refractivity contribution >= 4 is 6.09 Å². The molecule has 7 heteroatoms. The predicted molar refractivity (Wildman–Crippen MR) is 78.3 cm³/mol. The molecular formula is C16H20F3NO3. The van der Waals surface area contributed by atoms with E-state index in [9.17, 15) is 18.0 Å². The number of rotatable bonds is 4. The van der Waals surface area contributed by atoms with Crippen molar-refractivity contribution in [2.45, 2.75) is 25.9 Å². The van der Waals surface area contributed by atoms with Gasteiger partial charge in [-0.1, -0.05) is 6.07 Å². The summed E-state index contributed by atoms with van der Waals surface area (Å²) in [4.78, 5) is 13.3. The number of ether oxygens (including phenoxy) is 2. The fraction of sp³-hybridized carbons (Fsp3) is 0.562. The molecule has 0 saturated carbocycles. The summed E-state index contributed by atoms with van der Waals surface area (Å²) in [7, 11) is 0. The highest BCUT2D eigenvalue weighted by Crippen LogP contribution is 2.31. The molecule has 2 rings (SSSR count). The molecule has 1 unspecified atom stereocenters.